The molecule has 6 heteroatoms. The molecule has 0 bridgehead atoms. The summed E-state index contributed by atoms with van der Waals surface area (Å²) in [5.41, 5.74) is 8.47. The molecule has 150 valence electrons. The van der Waals surface area contributed by atoms with Gasteiger partial charge in [0.15, 0.2) is 11.5 Å². The van der Waals surface area contributed by atoms with E-state index in [0.717, 1.165) is 16.7 Å². The van der Waals surface area contributed by atoms with Crippen molar-refractivity contribution in [2.24, 2.45) is 5.73 Å². The first kappa shape index (κ1) is 20.4. The molecule has 0 unspecified atom stereocenters. The number of rotatable bonds is 8. The molecule has 3 rings (SSSR count). The summed E-state index contributed by atoms with van der Waals surface area (Å²) >= 11 is 0. The summed E-state index contributed by atoms with van der Waals surface area (Å²) in [4.78, 5) is 12.5. The number of hydrogen-bond donors (Lipinski definition) is 2. The number of carbonyl (C=O) groups excluding carboxylic acids is 1. The lowest BCUT2D eigenvalue weighted by atomic mass is 10.0. The quantitative estimate of drug-likeness (QED) is 0.605. The summed E-state index contributed by atoms with van der Waals surface area (Å²) < 4.78 is 24.3. The third-order valence-corrected chi connectivity index (χ3v) is 4.27. The Hall–Kier alpha value is -3.38. The van der Waals surface area contributed by atoms with E-state index in [1.807, 2.05) is 30.3 Å². The highest BCUT2D eigenvalue weighted by Crippen LogP contribution is 2.28. The molecule has 3 N–H and O–H groups in total. The van der Waals surface area contributed by atoms with E-state index in [2.05, 4.69) is 5.32 Å². The van der Waals surface area contributed by atoms with Crippen molar-refractivity contribution in [2.45, 2.75) is 6.42 Å². The highest BCUT2D eigenvalue weighted by Gasteiger charge is 2.10. The largest absolute Gasteiger partial charge is 0.493 e. The molecule has 0 aliphatic carbocycles. The van der Waals surface area contributed by atoms with Crippen LogP contribution in [0.1, 0.15) is 5.56 Å². The van der Waals surface area contributed by atoms with Crippen molar-refractivity contribution in [3.05, 3.63) is 78.1 Å². The van der Waals surface area contributed by atoms with Crippen LogP contribution in [0.2, 0.25) is 0 Å². The third kappa shape index (κ3) is 5.56. The van der Waals surface area contributed by atoms with Gasteiger partial charge in [-0.25, -0.2) is 4.39 Å². The zero-order chi connectivity index (χ0) is 20.6. The number of carbonyl (C=O) groups is 1. The lowest BCUT2D eigenvalue weighted by Crippen LogP contribution is -2.14. The van der Waals surface area contributed by atoms with Crippen LogP contribution in [0.15, 0.2) is 66.7 Å². The second-order valence-electron chi connectivity index (χ2n) is 6.44. The summed E-state index contributed by atoms with van der Waals surface area (Å²) in [5, 5.41) is 2.88. The van der Waals surface area contributed by atoms with Crippen LogP contribution in [0.25, 0.3) is 11.1 Å². The van der Waals surface area contributed by atoms with Gasteiger partial charge in [0, 0.05) is 12.2 Å². The van der Waals surface area contributed by atoms with E-state index in [0.29, 0.717) is 30.3 Å². The molecule has 0 atom stereocenters. The highest BCUT2D eigenvalue weighted by atomic mass is 19.1. The van der Waals surface area contributed by atoms with E-state index in [4.69, 9.17) is 15.2 Å². The van der Waals surface area contributed by atoms with Gasteiger partial charge in [0.05, 0.1) is 13.5 Å². The fourth-order valence-electron chi connectivity index (χ4n) is 2.95. The van der Waals surface area contributed by atoms with Crippen LogP contribution in [0.4, 0.5) is 10.1 Å². The number of nitrogens with two attached hydrogens (primary N) is 1. The minimum atomic E-state index is -0.301. The van der Waals surface area contributed by atoms with Crippen LogP contribution in [-0.2, 0) is 11.2 Å². The van der Waals surface area contributed by atoms with E-state index in [1.54, 1.807) is 31.4 Å². The normalized spacial score (nSPS) is 10.4. The van der Waals surface area contributed by atoms with Gasteiger partial charge in [-0.15, -0.1) is 0 Å². The summed E-state index contributed by atoms with van der Waals surface area (Å²) in [6.07, 6.45) is 0.178. The van der Waals surface area contributed by atoms with Crippen LogP contribution in [-0.4, -0.2) is 26.2 Å². The molecule has 0 spiro atoms. The number of amides is 1. The average molecular weight is 394 g/mol. The first-order valence-corrected chi connectivity index (χ1v) is 9.24. The number of methoxy groups -OCH3 is 1. The van der Waals surface area contributed by atoms with Crippen molar-refractivity contribution in [1.29, 1.82) is 0 Å². The Balaban J connectivity index is 1.69. The maximum atomic E-state index is 13.5. The van der Waals surface area contributed by atoms with Crippen LogP contribution < -0.4 is 20.5 Å². The van der Waals surface area contributed by atoms with Crippen LogP contribution >= 0.6 is 0 Å². The van der Waals surface area contributed by atoms with Gasteiger partial charge in [-0.2, -0.15) is 0 Å². The van der Waals surface area contributed by atoms with Gasteiger partial charge in [0.2, 0.25) is 5.91 Å². The molecular weight excluding hydrogens is 371 g/mol. The predicted octanol–water partition coefficient (Wildman–Crippen LogP) is 4.02. The molecular formula is C23H23FN2O3. The number of ether oxygens (including phenoxy) is 2. The van der Waals surface area contributed by atoms with Crippen LogP contribution in [0, 0.1) is 5.82 Å². The Morgan fingerprint density at radius 3 is 2.48 bits per heavy atom. The Morgan fingerprint density at radius 2 is 1.76 bits per heavy atom. The van der Waals surface area contributed by atoms with Crippen LogP contribution in [0.3, 0.4) is 0 Å². The predicted molar refractivity (Wildman–Crippen MR) is 112 cm³/mol. The standard InChI is InChI=1S/C23H23FN2O3/c1-28-22-12-16(8-9-21(22)29-11-10-25)13-23(27)26-20-7-3-5-18(15-20)17-4-2-6-19(24)14-17/h2-9,12,14-15H,10-11,13,25H2,1H3,(H,26,27). The molecule has 3 aromatic carbocycles. The number of halogens is 1. The second-order valence-corrected chi connectivity index (χ2v) is 6.44. The van der Waals surface area contributed by atoms with E-state index in [9.17, 15) is 9.18 Å². The van der Waals surface area contributed by atoms with Gasteiger partial charge < -0.3 is 20.5 Å². The molecule has 29 heavy (non-hydrogen) atoms. The third-order valence-electron chi connectivity index (χ3n) is 4.27. The molecule has 0 fully saturated rings. The Labute approximate surface area is 169 Å². The van der Waals surface area contributed by atoms with Gasteiger partial charge in [-0.1, -0.05) is 30.3 Å². The molecule has 0 aliphatic heterocycles. The molecule has 0 aliphatic rings. The van der Waals surface area contributed by atoms with Crippen molar-refractivity contribution >= 4 is 11.6 Å². The van der Waals surface area contributed by atoms with Gasteiger partial charge in [-0.3, -0.25) is 4.79 Å². The Bertz CT molecular complexity index is 991. The first-order valence-electron chi connectivity index (χ1n) is 9.24. The van der Waals surface area contributed by atoms with Gasteiger partial charge in [0.25, 0.3) is 0 Å². The topological polar surface area (TPSA) is 73.6 Å². The molecule has 0 saturated carbocycles. The molecule has 5 nitrogen and oxygen atoms in total. The second kappa shape index (κ2) is 9.71. The van der Waals surface area contributed by atoms with Crippen LogP contribution in [0.5, 0.6) is 11.5 Å². The summed E-state index contributed by atoms with van der Waals surface area (Å²) in [6.45, 7) is 0.792. The molecule has 0 radical (unpaired) electrons. The number of hydrogen-bond acceptors (Lipinski definition) is 4. The fraction of sp³-hybridized carbons (Fsp3) is 0.174. The van der Waals surface area contributed by atoms with Crippen molar-refractivity contribution in [1.82, 2.24) is 0 Å². The van der Waals surface area contributed by atoms with E-state index in [-0.39, 0.29) is 18.1 Å². The molecule has 0 aromatic heterocycles. The summed E-state index contributed by atoms with van der Waals surface area (Å²) in [6, 6.07) is 19.0. The van der Waals surface area contributed by atoms with E-state index >= 15 is 0 Å². The monoisotopic (exact) mass is 394 g/mol. The lowest BCUT2D eigenvalue weighted by Gasteiger charge is -2.12. The van der Waals surface area contributed by atoms with Crippen molar-refractivity contribution < 1.29 is 18.7 Å². The minimum Gasteiger partial charge on any atom is -0.493 e. The SMILES string of the molecule is COc1cc(CC(=O)Nc2cccc(-c3cccc(F)c3)c2)ccc1OCCN. The molecule has 1 amide bonds. The highest BCUT2D eigenvalue weighted by molar-refractivity contribution is 5.93. The number of anilines is 1. The maximum Gasteiger partial charge on any atom is 0.228 e. The summed E-state index contributed by atoms with van der Waals surface area (Å²) in [7, 11) is 1.55. The maximum absolute atomic E-state index is 13.5. The first-order chi connectivity index (χ1) is 14.1. The Kier molecular flexibility index (Phi) is 6.81. The fourth-order valence-corrected chi connectivity index (χ4v) is 2.95. The lowest BCUT2D eigenvalue weighted by molar-refractivity contribution is -0.115. The van der Waals surface area contributed by atoms with Gasteiger partial charge in [-0.05, 0) is 53.1 Å². The molecule has 0 heterocycles. The van der Waals surface area contributed by atoms with Crippen molar-refractivity contribution in [3.63, 3.8) is 0 Å². The van der Waals surface area contributed by atoms with Gasteiger partial charge in [0.1, 0.15) is 12.4 Å². The number of benzene rings is 3. The van der Waals surface area contributed by atoms with Gasteiger partial charge >= 0.3 is 0 Å². The Morgan fingerprint density at radius 1 is 1.00 bits per heavy atom. The van der Waals surface area contributed by atoms with Crippen molar-refractivity contribution in [3.8, 4) is 22.6 Å². The molecule has 0 saturated heterocycles. The van der Waals surface area contributed by atoms with E-state index < -0.39 is 0 Å². The zero-order valence-electron chi connectivity index (χ0n) is 16.2. The summed E-state index contributed by atoms with van der Waals surface area (Å²) in [5.74, 6) is 0.672. The van der Waals surface area contributed by atoms with Crippen molar-refractivity contribution in [2.75, 3.05) is 25.6 Å². The minimum absolute atomic E-state index is 0.168. The smallest absolute Gasteiger partial charge is 0.228 e. The number of nitrogens with one attached hydrogen (secondary N) is 1. The zero-order valence-corrected chi connectivity index (χ0v) is 16.2. The average Bonchev–Trinajstić information content (AvgIpc) is 2.72. The van der Waals surface area contributed by atoms with E-state index in [1.165, 1.54) is 12.1 Å². The molecule has 3 aromatic rings.